The van der Waals surface area contributed by atoms with Gasteiger partial charge >= 0.3 is 0 Å². The van der Waals surface area contributed by atoms with E-state index in [1.807, 2.05) is 41.5 Å². The van der Waals surface area contributed by atoms with Crippen molar-refractivity contribution in [3.8, 4) is 0 Å². The maximum atomic E-state index is 11.4. The molecule has 0 spiro atoms. The van der Waals surface area contributed by atoms with Crippen molar-refractivity contribution >= 4 is 11.6 Å². The first-order chi connectivity index (χ1) is 11.1. The van der Waals surface area contributed by atoms with E-state index < -0.39 is 0 Å². The number of rotatable bonds is 6. The lowest BCUT2D eigenvalue weighted by Gasteiger charge is -2.01. The molecule has 0 fully saturated rings. The van der Waals surface area contributed by atoms with Crippen molar-refractivity contribution in [1.29, 1.82) is 0 Å². The molecule has 1 rings (SSSR count). The fourth-order valence-corrected chi connectivity index (χ4v) is 1.50. The Hall–Kier alpha value is -1.70. The van der Waals surface area contributed by atoms with Crippen molar-refractivity contribution in [3.05, 3.63) is 47.5 Å². The SMILES string of the molecule is CC.CC.CC.CCc1ccc(CCC(=O)/C=C\C(C)=O)cc1. The third-order valence-corrected chi connectivity index (χ3v) is 2.60. The van der Waals surface area contributed by atoms with Crippen molar-refractivity contribution in [2.75, 3.05) is 0 Å². The van der Waals surface area contributed by atoms with Crippen LogP contribution >= 0.6 is 0 Å². The number of benzene rings is 1. The highest BCUT2D eigenvalue weighted by Crippen LogP contribution is 2.07. The Morgan fingerprint density at radius 1 is 0.826 bits per heavy atom. The Balaban J connectivity index is -0.000000595. The molecule has 0 aromatic heterocycles. The molecule has 0 bridgehead atoms. The van der Waals surface area contributed by atoms with Crippen LogP contribution in [0.15, 0.2) is 36.4 Å². The summed E-state index contributed by atoms with van der Waals surface area (Å²) in [6, 6.07) is 8.29. The average molecular weight is 321 g/mol. The van der Waals surface area contributed by atoms with Gasteiger partial charge in [0.1, 0.15) is 0 Å². The summed E-state index contributed by atoms with van der Waals surface area (Å²) in [5.74, 6) is -0.0922. The van der Waals surface area contributed by atoms with E-state index >= 15 is 0 Å². The highest BCUT2D eigenvalue weighted by Gasteiger charge is 1.99. The maximum absolute atomic E-state index is 11.4. The molecule has 2 heteroatoms. The molecule has 0 unspecified atom stereocenters. The predicted molar refractivity (Wildman–Crippen MR) is 103 cm³/mol. The van der Waals surface area contributed by atoms with Crippen molar-refractivity contribution in [2.45, 2.75) is 74.7 Å². The van der Waals surface area contributed by atoms with Gasteiger partial charge in [-0.2, -0.15) is 0 Å². The molecule has 0 aliphatic carbocycles. The molecule has 0 N–H and O–H groups in total. The van der Waals surface area contributed by atoms with Crippen molar-refractivity contribution in [2.24, 2.45) is 0 Å². The lowest BCUT2D eigenvalue weighted by atomic mass is 10.0. The molecule has 2 nitrogen and oxygen atoms in total. The third kappa shape index (κ3) is 16.5. The minimum atomic E-state index is -0.0920. The Morgan fingerprint density at radius 3 is 1.65 bits per heavy atom. The zero-order valence-corrected chi connectivity index (χ0v) is 16.4. The smallest absolute Gasteiger partial charge is 0.156 e. The van der Waals surface area contributed by atoms with Crippen LogP contribution < -0.4 is 0 Å². The normalized spacial score (nSPS) is 8.70. The molecule has 0 atom stereocenters. The molecule has 132 valence electrons. The van der Waals surface area contributed by atoms with Gasteiger partial charge in [0.25, 0.3) is 0 Å². The van der Waals surface area contributed by atoms with Crippen LogP contribution in [0.5, 0.6) is 0 Å². The highest BCUT2D eigenvalue weighted by atomic mass is 16.1. The largest absolute Gasteiger partial charge is 0.295 e. The summed E-state index contributed by atoms with van der Waals surface area (Å²) in [5, 5.41) is 0. The van der Waals surface area contributed by atoms with Crippen LogP contribution in [0.2, 0.25) is 0 Å². The van der Waals surface area contributed by atoms with Crippen LogP contribution in [0.4, 0.5) is 0 Å². The first-order valence-electron chi connectivity index (χ1n) is 8.91. The minimum Gasteiger partial charge on any atom is -0.295 e. The van der Waals surface area contributed by atoms with Crippen LogP contribution in [-0.2, 0) is 22.4 Å². The molecule has 23 heavy (non-hydrogen) atoms. The summed E-state index contributed by atoms with van der Waals surface area (Å²) in [5.41, 5.74) is 2.46. The lowest BCUT2D eigenvalue weighted by Crippen LogP contribution is -1.97. The predicted octanol–water partition coefficient (Wildman–Crippen LogP) is 5.97. The number of aryl methyl sites for hydroxylation is 2. The number of hydrogen-bond donors (Lipinski definition) is 0. The van der Waals surface area contributed by atoms with E-state index in [1.165, 1.54) is 24.6 Å². The molecule has 0 aliphatic rings. The summed E-state index contributed by atoms with van der Waals surface area (Å²) >= 11 is 0. The minimum absolute atomic E-state index is 0.000215. The van der Waals surface area contributed by atoms with Gasteiger partial charge < -0.3 is 0 Å². The molecular formula is C21H36O2. The molecule has 0 amide bonds. The van der Waals surface area contributed by atoms with Crippen molar-refractivity contribution in [3.63, 3.8) is 0 Å². The van der Waals surface area contributed by atoms with E-state index in [2.05, 4.69) is 31.2 Å². The molecule has 0 aliphatic heterocycles. The molecule has 1 aromatic carbocycles. The number of allylic oxidation sites excluding steroid dienone is 2. The zero-order valence-electron chi connectivity index (χ0n) is 16.4. The van der Waals surface area contributed by atoms with Gasteiger partial charge in [-0.3, -0.25) is 9.59 Å². The fraction of sp³-hybridized carbons (Fsp3) is 0.524. The number of hydrogen-bond acceptors (Lipinski definition) is 2. The summed E-state index contributed by atoms with van der Waals surface area (Å²) in [6.45, 7) is 15.6. The van der Waals surface area contributed by atoms with Crippen molar-refractivity contribution in [1.82, 2.24) is 0 Å². The van der Waals surface area contributed by atoms with Gasteiger partial charge in [-0.05, 0) is 43.0 Å². The van der Waals surface area contributed by atoms with Gasteiger partial charge in [-0.1, -0.05) is 72.7 Å². The number of ketones is 2. The topological polar surface area (TPSA) is 34.1 Å². The lowest BCUT2D eigenvalue weighted by molar-refractivity contribution is -0.116. The fourth-order valence-electron chi connectivity index (χ4n) is 1.50. The Labute approximate surface area is 144 Å². The van der Waals surface area contributed by atoms with Gasteiger partial charge in [-0.15, -0.1) is 0 Å². The van der Waals surface area contributed by atoms with E-state index in [4.69, 9.17) is 0 Å². The standard InChI is InChI=1S/C15H18O2.3C2H6/c1-3-13-5-7-14(8-6-13)9-11-15(17)10-4-12(2)16;3*1-2/h4-8,10H,3,9,11H2,1-2H3;3*1-2H3/b10-4-;;;. The summed E-state index contributed by atoms with van der Waals surface area (Å²) in [4.78, 5) is 22.1. The highest BCUT2D eigenvalue weighted by molar-refractivity contribution is 5.97. The number of carbonyl (C=O) groups is 2. The van der Waals surface area contributed by atoms with Crippen LogP contribution in [-0.4, -0.2) is 11.6 Å². The van der Waals surface area contributed by atoms with Gasteiger partial charge in [0.15, 0.2) is 11.6 Å². The molecule has 0 saturated heterocycles. The van der Waals surface area contributed by atoms with Gasteiger partial charge in [0, 0.05) is 6.42 Å². The first kappa shape index (κ1) is 26.2. The third-order valence-electron chi connectivity index (χ3n) is 2.60. The second-order valence-electron chi connectivity index (χ2n) is 4.08. The molecular weight excluding hydrogens is 284 g/mol. The summed E-state index contributed by atoms with van der Waals surface area (Å²) in [6.07, 6.45) is 4.89. The van der Waals surface area contributed by atoms with Crippen molar-refractivity contribution < 1.29 is 9.59 Å². The maximum Gasteiger partial charge on any atom is 0.156 e. The molecule has 0 heterocycles. The molecule has 1 aromatic rings. The second-order valence-corrected chi connectivity index (χ2v) is 4.08. The Bertz CT molecular complexity index is 414. The van der Waals surface area contributed by atoms with Crippen LogP contribution in [0.1, 0.15) is 72.9 Å². The van der Waals surface area contributed by atoms with E-state index in [-0.39, 0.29) is 11.6 Å². The van der Waals surface area contributed by atoms with Crippen LogP contribution in [0.3, 0.4) is 0 Å². The quantitative estimate of drug-likeness (QED) is 0.605. The van der Waals surface area contributed by atoms with Gasteiger partial charge in [-0.25, -0.2) is 0 Å². The van der Waals surface area contributed by atoms with E-state index in [9.17, 15) is 9.59 Å². The van der Waals surface area contributed by atoms with E-state index in [0.29, 0.717) is 6.42 Å². The first-order valence-corrected chi connectivity index (χ1v) is 8.91. The van der Waals surface area contributed by atoms with Crippen LogP contribution in [0, 0.1) is 0 Å². The van der Waals surface area contributed by atoms with E-state index in [1.54, 1.807) is 0 Å². The molecule has 0 saturated carbocycles. The number of carbonyl (C=O) groups excluding carboxylic acids is 2. The Morgan fingerprint density at radius 2 is 1.26 bits per heavy atom. The van der Waals surface area contributed by atoms with E-state index in [0.717, 1.165) is 18.4 Å². The summed E-state index contributed by atoms with van der Waals surface area (Å²) in [7, 11) is 0. The van der Waals surface area contributed by atoms with Gasteiger partial charge in [0.05, 0.1) is 0 Å². The Kier molecular flexibility index (Phi) is 23.1. The van der Waals surface area contributed by atoms with Gasteiger partial charge in [0.2, 0.25) is 0 Å². The average Bonchev–Trinajstić information content (AvgIpc) is 2.63. The summed E-state index contributed by atoms with van der Waals surface area (Å²) < 4.78 is 0. The zero-order chi connectivity index (χ0) is 18.7. The van der Waals surface area contributed by atoms with Crippen LogP contribution in [0.25, 0.3) is 0 Å². The molecule has 0 radical (unpaired) electrons. The monoisotopic (exact) mass is 320 g/mol. The second kappa shape index (κ2) is 20.3.